The number of nitrogens with one attached hydrogen (secondary N) is 1. The van der Waals surface area contributed by atoms with Crippen LogP contribution < -0.4 is 5.32 Å². The van der Waals surface area contributed by atoms with Crippen LogP contribution in [0.25, 0.3) is 0 Å². The average Bonchev–Trinajstić information content (AvgIpc) is 2.52. The Morgan fingerprint density at radius 1 is 1.57 bits per heavy atom. The summed E-state index contributed by atoms with van der Waals surface area (Å²) in [7, 11) is 0. The molecule has 0 aliphatic carbocycles. The summed E-state index contributed by atoms with van der Waals surface area (Å²) in [6.45, 7) is 5.38. The molecule has 0 aromatic rings. The Morgan fingerprint density at radius 2 is 2.21 bits per heavy atom. The van der Waals surface area contributed by atoms with Crippen LogP contribution in [0.4, 0.5) is 0 Å². The van der Waals surface area contributed by atoms with Gasteiger partial charge in [0.25, 0.3) is 0 Å². The van der Waals surface area contributed by atoms with Crippen molar-refractivity contribution in [3.63, 3.8) is 0 Å². The minimum Gasteiger partial charge on any atom is -0.480 e. The van der Waals surface area contributed by atoms with Crippen molar-refractivity contribution in [3.05, 3.63) is 12.2 Å². The molecule has 0 radical (unpaired) electrons. The van der Waals surface area contributed by atoms with Crippen LogP contribution in [0.5, 0.6) is 0 Å². The van der Waals surface area contributed by atoms with Crippen molar-refractivity contribution < 1.29 is 19.4 Å². The zero-order valence-electron chi connectivity index (χ0n) is 7.95. The summed E-state index contributed by atoms with van der Waals surface area (Å²) in [6.07, 6.45) is -0.0470. The highest BCUT2D eigenvalue weighted by molar-refractivity contribution is 5.87. The fourth-order valence-electron chi connectivity index (χ4n) is 1.23. The molecule has 0 aromatic heterocycles. The maximum atomic E-state index is 11.1. The molecule has 1 fully saturated rings. The van der Waals surface area contributed by atoms with Crippen LogP contribution in [-0.4, -0.2) is 35.7 Å². The van der Waals surface area contributed by atoms with Gasteiger partial charge in [-0.05, 0) is 6.92 Å². The van der Waals surface area contributed by atoms with Gasteiger partial charge in [0.2, 0.25) is 0 Å². The molecule has 0 bridgehead atoms. The Balaban J connectivity index is 2.40. The SMILES string of the molecule is C=C(C)C(=O)OC1CNC(C(=O)O)C1. The monoisotopic (exact) mass is 199 g/mol. The first-order valence-electron chi connectivity index (χ1n) is 4.33. The molecule has 1 heterocycles. The Bertz CT molecular complexity index is 274. The van der Waals surface area contributed by atoms with Crippen LogP contribution in [-0.2, 0) is 14.3 Å². The number of rotatable bonds is 3. The first-order chi connectivity index (χ1) is 6.50. The van der Waals surface area contributed by atoms with E-state index in [0.717, 1.165) is 0 Å². The van der Waals surface area contributed by atoms with Gasteiger partial charge < -0.3 is 15.2 Å². The van der Waals surface area contributed by atoms with Gasteiger partial charge in [0.05, 0.1) is 0 Å². The average molecular weight is 199 g/mol. The summed E-state index contributed by atoms with van der Waals surface area (Å²) in [5.74, 6) is -1.39. The van der Waals surface area contributed by atoms with Crippen molar-refractivity contribution in [2.45, 2.75) is 25.5 Å². The Kier molecular flexibility index (Phi) is 3.24. The number of hydrogen-bond acceptors (Lipinski definition) is 4. The first kappa shape index (κ1) is 10.7. The maximum Gasteiger partial charge on any atom is 0.333 e. The van der Waals surface area contributed by atoms with E-state index in [1.54, 1.807) is 6.92 Å². The molecule has 1 saturated heterocycles. The number of carboxylic acid groups (broad SMARTS) is 1. The molecule has 2 unspecified atom stereocenters. The quantitative estimate of drug-likeness (QED) is 0.491. The van der Waals surface area contributed by atoms with E-state index in [1.165, 1.54) is 0 Å². The summed E-state index contributed by atoms with van der Waals surface area (Å²) in [5.41, 5.74) is 0.323. The van der Waals surface area contributed by atoms with Crippen molar-refractivity contribution in [3.8, 4) is 0 Å². The van der Waals surface area contributed by atoms with E-state index in [9.17, 15) is 9.59 Å². The Labute approximate surface area is 81.7 Å². The van der Waals surface area contributed by atoms with Gasteiger partial charge in [-0.15, -0.1) is 0 Å². The second-order valence-corrected chi connectivity index (χ2v) is 3.34. The van der Waals surface area contributed by atoms with E-state index in [2.05, 4.69) is 11.9 Å². The van der Waals surface area contributed by atoms with E-state index in [1.807, 2.05) is 0 Å². The van der Waals surface area contributed by atoms with Gasteiger partial charge in [0.1, 0.15) is 12.1 Å². The summed E-state index contributed by atoms with van der Waals surface area (Å²) in [5, 5.41) is 11.4. The van der Waals surface area contributed by atoms with Crippen molar-refractivity contribution in [2.75, 3.05) is 6.54 Å². The molecule has 1 aliphatic heterocycles. The first-order valence-corrected chi connectivity index (χ1v) is 4.33. The van der Waals surface area contributed by atoms with Gasteiger partial charge in [0, 0.05) is 18.5 Å². The minimum atomic E-state index is -0.918. The number of hydrogen-bond donors (Lipinski definition) is 2. The highest BCUT2D eigenvalue weighted by Crippen LogP contribution is 2.11. The molecule has 5 heteroatoms. The van der Waals surface area contributed by atoms with Crippen molar-refractivity contribution in [1.82, 2.24) is 5.32 Å². The zero-order chi connectivity index (χ0) is 10.7. The molecular formula is C9H13NO4. The van der Waals surface area contributed by atoms with Crippen LogP contribution in [0.15, 0.2) is 12.2 Å². The van der Waals surface area contributed by atoms with Crippen molar-refractivity contribution in [2.24, 2.45) is 0 Å². The number of aliphatic carboxylic acids is 1. The molecule has 0 spiro atoms. The maximum absolute atomic E-state index is 11.1. The zero-order valence-corrected chi connectivity index (χ0v) is 7.95. The van der Waals surface area contributed by atoms with Gasteiger partial charge in [-0.1, -0.05) is 6.58 Å². The fourth-order valence-corrected chi connectivity index (χ4v) is 1.23. The van der Waals surface area contributed by atoms with Crippen molar-refractivity contribution >= 4 is 11.9 Å². The standard InChI is InChI=1S/C9H13NO4/c1-5(2)9(13)14-6-3-7(8(11)12)10-4-6/h6-7,10H,1,3-4H2,2H3,(H,11,12). The number of esters is 1. The Morgan fingerprint density at radius 3 is 2.64 bits per heavy atom. The highest BCUT2D eigenvalue weighted by Gasteiger charge is 2.31. The minimum absolute atomic E-state index is 0.314. The lowest BCUT2D eigenvalue weighted by molar-refractivity contribution is -0.145. The van der Waals surface area contributed by atoms with Crippen LogP contribution >= 0.6 is 0 Å². The summed E-state index contributed by atoms with van der Waals surface area (Å²) in [4.78, 5) is 21.6. The molecule has 14 heavy (non-hydrogen) atoms. The van der Waals surface area contributed by atoms with E-state index in [0.29, 0.717) is 18.5 Å². The normalized spacial score (nSPS) is 25.8. The van der Waals surface area contributed by atoms with Gasteiger partial charge >= 0.3 is 11.9 Å². The van der Waals surface area contributed by atoms with E-state index in [-0.39, 0.29) is 6.10 Å². The number of ether oxygens (including phenoxy) is 1. The summed E-state index contributed by atoms with van der Waals surface area (Å²) in [6, 6.07) is -0.613. The van der Waals surface area contributed by atoms with E-state index >= 15 is 0 Å². The smallest absolute Gasteiger partial charge is 0.333 e. The molecule has 78 valence electrons. The molecular weight excluding hydrogens is 186 g/mol. The van der Waals surface area contributed by atoms with Gasteiger partial charge in [-0.25, -0.2) is 4.79 Å². The molecule has 1 aliphatic rings. The third-order valence-corrected chi connectivity index (χ3v) is 2.01. The van der Waals surface area contributed by atoms with Crippen LogP contribution in [0.3, 0.4) is 0 Å². The number of carboxylic acids is 1. The predicted octanol–water partition coefficient (Wildman–Crippen LogP) is -0.0792. The summed E-state index contributed by atoms with van der Waals surface area (Å²) >= 11 is 0. The molecule has 0 amide bonds. The van der Waals surface area contributed by atoms with Crippen molar-refractivity contribution in [1.29, 1.82) is 0 Å². The topological polar surface area (TPSA) is 75.6 Å². The second-order valence-electron chi connectivity index (χ2n) is 3.34. The molecule has 1 rings (SSSR count). The fraction of sp³-hybridized carbons (Fsp3) is 0.556. The largest absolute Gasteiger partial charge is 0.480 e. The number of carbonyl (C=O) groups excluding carboxylic acids is 1. The van der Waals surface area contributed by atoms with Gasteiger partial charge in [-0.3, -0.25) is 4.79 Å². The van der Waals surface area contributed by atoms with E-state index in [4.69, 9.17) is 9.84 Å². The molecule has 2 atom stereocenters. The molecule has 5 nitrogen and oxygen atoms in total. The second kappa shape index (κ2) is 4.23. The third-order valence-electron chi connectivity index (χ3n) is 2.01. The molecule has 0 aromatic carbocycles. The lowest BCUT2D eigenvalue weighted by Crippen LogP contribution is -2.30. The lowest BCUT2D eigenvalue weighted by Gasteiger charge is -2.10. The van der Waals surface area contributed by atoms with Crippen LogP contribution in [0, 0.1) is 0 Å². The van der Waals surface area contributed by atoms with Gasteiger partial charge in [-0.2, -0.15) is 0 Å². The Hall–Kier alpha value is -1.36. The third kappa shape index (κ3) is 2.56. The number of carbonyl (C=O) groups is 2. The molecule has 0 saturated carbocycles. The van der Waals surface area contributed by atoms with Gasteiger partial charge in [0.15, 0.2) is 0 Å². The molecule has 2 N–H and O–H groups in total. The van der Waals surface area contributed by atoms with E-state index < -0.39 is 18.0 Å². The van der Waals surface area contributed by atoms with Crippen LogP contribution in [0.2, 0.25) is 0 Å². The lowest BCUT2D eigenvalue weighted by atomic mass is 10.2. The predicted molar refractivity (Wildman–Crippen MR) is 48.7 cm³/mol. The highest BCUT2D eigenvalue weighted by atomic mass is 16.5. The van der Waals surface area contributed by atoms with Crippen LogP contribution in [0.1, 0.15) is 13.3 Å². The summed E-state index contributed by atoms with van der Waals surface area (Å²) < 4.78 is 4.99.